The van der Waals surface area contributed by atoms with E-state index in [9.17, 15) is 19.8 Å². The first kappa shape index (κ1) is 50.1. The van der Waals surface area contributed by atoms with E-state index in [1.807, 2.05) is 45.8 Å². The van der Waals surface area contributed by atoms with Crippen LogP contribution in [0.25, 0.3) is 11.4 Å². The summed E-state index contributed by atoms with van der Waals surface area (Å²) >= 11 is 0. The smallest absolute Gasteiger partial charge is 0.545 e. The predicted octanol–water partition coefficient (Wildman–Crippen LogP) is 3.20. The van der Waals surface area contributed by atoms with Crippen molar-refractivity contribution in [1.82, 2.24) is 40.4 Å². The van der Waals surface area contributed by atoms with Gasteiger partial charge >= 0.3 is 16.5 Å². The summed E-state index contributed by atoms with van der Waals surface area (Å²) < 4.78 is 3.98. The van der Waals surface area contributed by atoms with Gasteiger partial charge in [-0.25, -0.2) is 9.97 Å². The molecule has 15 heteroatoms. The number of nitrogens with zero attached hydrogens (tertiary/aromatic N) is 4. The molecular formula is C48H58N8NiO6. The molecule has 0 saturated heterocycles. The van der Waals surface area contributed by atoms with Gasteiger partial charge in [0.15, 0.2) is 0 Å². The van der Waals surface area contributed by atoms with E-state index in [0.717, 1.165) is 61.3 Å². The molecule has 2 aromatic heterocycles. The quantitative estimate of drug-likeness (QED) is 0.104. The number of nitrogens with one attached hydrogen (secondary N) is 4. The largest absolute Gasteiger partial charge is 2.00 e. The first-order valence-electron chi connectivity index (χ1n) is 21.1. The van der Waals surface area contributed by atoms with E-state index in [4.69, 9.17) is 0 Å². The Morgan fingerprint density at radius 1 is 0.508 bits per heavy atom. The van der Waals surface area contributed by atoms with Crippen molar-refractivity contribution in [2.75, 3.05) is 0 Å². The average Bonchev–Trinajstić information content (AvgIpc) is 4.04. The van der Waals surface area contributed by atoms with E-state index in [1.165, 1.54) is 36.8 Å². The van der Waals surface area contributed by atoms with Crippen molar-refractivity contribution in [1.29, 1.82) is 0 Å². The van der Waals surface area contributed by atoms with Crippen LogP contribution in [-0.4, -0.2) is 66.2 Å². The molecule has 8 rings (SSSR count). The van der Waals surface area contributed by atoms with Crippen molar-refractivity contribution >= 4 is 11.9 Å². The summed E-state index contributed by atoms with van der Waals surface area (Å²) in [6.07, 6.45) is 20.2. The van der Waals surface area contributed by atoms with Crippen LogP contribution in [0.2, 0.25) is 0 Å². The molecular weight excluding hydrogens is 843 g/mol. The molecule has 4 aromatic carbocycles. The standard InChI is InChI=1S/2C24H28N4O2.Ni.2H2O/c2*29-24(30)21-6-2-1-5-19(21)16-27-23-8-4-3-7-22(23)26-15-18-9-11-20(12-10-18)28-14-13-25-17-28;;;/h2*1-2,5-6,9-14,17,22-23,26-27H,3-4,7-8,15-16H2,(H,29,30);;2*1H2/q;;+2;;/p-2/t2*22-,23-;;;/m10.../s1. The summed E-state index contributed by atoms with van der Waals surface area (Å²) in [6, 6.07) is 32.5. The summed E-state index contributed by atoms with van der Waals surface area (Å²) in [5, 5.41) is 37.3. The average molecular weight is 902 g/mol. The fourth-order valence-corrected chi connectivity index (χ4v) is 8.36. The van der Waals surface area contributed by atoms with E-state index in [-0.39, 0.29) is 38.6 Å². The first-order chi connectivity index (χ1) is 29.4. The number of carboxylic acid groups (broad SMARTS) is 2. The van der Waals surface area contributed by atoms with Crippen molar-refractivity contribution in [2.45, 2.75) is 102 Å². The van der Waals surface area contributed by atoms with Gasteiger partial charge in [-0.1, -0.05) is 98.5 Å². The van der Waals surface area contributed by atoms with Gasteiger partial charge in [-0.15, -0.1) is 0 Å². The maximum Gasteiger partial charge on any atom is 2.00 e. The summed E-state index contributed by atoms with van der Waals surface area (Å²) in [5.74, 6) is -2.24. The van der Waals surface area contributed by atoms with Gasteiger partial charge in [0.1, 0.15) is 0 Å². The maximum atomic E-state index is 11.3. The van der Waals surface area contributed by atoms with Gasteiger partial charge in [0, 0.05) is 97.6 Å². The summed E-state index contributed by atoms with van der Waals surface area (Å²) in [5.41, 5.74) is 6.76. The van der Waals surface area contributed by atoms with Crippen molar-refractivity contribution in [2.24, 2.45) is 0 Å². The van der Waals surface area contributed by atoms with Crippen LogP contribution >= 0.6 is 0 Å². The minimum atomic E-state index is -1.12. The molecule has 0 bridgehead atoms. The Hall–Kier alpha value is -5.51. The third-order valence-corrected chi connectivity index (χ3v) is 11.7. The molecule has 336 valence electrons. The van der Waals surface area contributed by atoms with Crippen LogP contribution < -0.4 is 31.5 Å². The van der Waals surface area contributed by atoms with Gasteiger partial charge in [-0.2, -0.15) is 0 Å². The van der Waals surface area contributed by atoms with Crippen molar-refractivity contribution in [3.05, 3.63) is 168 Å². The summed E-state index contributed by atoms with van der Waals surface area (Å²) in [6.45, 7) is 2.69. The van der Waals surface area contributed by atoms with Crippen LogP contribution in [0.5, 0.6) is 0 Å². The molecule has 2 heterocycles. The Kier molecular flexibility index (Phi) is 20.3. The van der Waals surface area contributed by atoms with E-state index >= 15 is 0 Å². The summed E-state index contributed by atoms with van der Waals surface area (Å²) in [4.78, 5) is 30.9. The number of carbonyl (C=O) groups excluding carboxylic acids is 2. The maximum absolute atomic E-state index is 11.3. The SMILES string of the molecule is O.O.O=C([O-])c1ccccc1CN[C@@H]1CCCC[C@H]1NCc1ccc(-n2ccnc2)cc1.O=C([O-])c1ccccc1CN[C@H]1CCCC[C@@H]1NCc1ccc(-n2ccnc2)cc1.[Ni+2]. The van der Waals surface area contributed by atoms with Gasteiger partial charge < -0.3 is 61.2 Å². The molecule has 14 nitrogen and oxygen atoms in total. The van der Waals surface area contributed by atoms with E-state index in [1.54, 1.807) is 49.3 Å². The fourth-order valence-electron chi connectivity index (χ4n) is 8.36. The Balaban J connectivity index is 0.000000264. The van der Waals surface area contributed by atoms with Gasteiger partial charge in [-0.3, -0.25) is 0 Å². The molecule has 63 heavy (non-hydrogen) atoms. The zero-order valence-corrected chi connectivity index (χ0v) is 36.2. The monoisotopic (exact) mass is 900 g/mol. The number of hydrogen-bond donors (Lipinski definition) is 4. The number of carbonyl (C=O) groups is 2. The number of carboxylic acids is 2. The number of imidazole rings is 2. The van der Waals surface area contributed by atoms with Crippen LogP contribution in [0.1, 0.15) is 94.3 Å². The number of rotatable bonds is 16. The minimum Gasteiger partial charge on any atom is -0.545 e. The minimum absolute atomic E-state index is 0. The van der Waals surface area contributed by atoms with Crippen molar-refractivity contribution in [3.8, 4) is 11.4 Å². The van der Waals surface area contributed by atoms with Gasteiger partial charge in [0.25, 0.3) is 0 Å². The molecule has 4 atom stereocenters. The second-order valence-corrected chi connectivity index (χ2v) is 15.7. The van der Waals surface area contributed by atoms with Gasteiger partial charge in [-0.05, 0) is 72.2 Å². The molecule has 0 radical (unpaired) electrons. The Bertz CT molecular complexity index is 2080. The molecule has 2 fully saturated rings. The topological polar surface area (TPSA) is 227 Å². The van der Waals surface area contributed by atoms with Crippen LogP contribution in [0.4, 0.5) is 0 Å². The molecule has 8 N–H and O–H groups in total. The summed E-state index contributed by atoms with van der Waals surface area (Å²) in [7, 11) is 0. The molecule has 6 aromatic rings. The van der Waals surface area contributed by atoms with Crippen LogP contribution in [0.3, 0.4) is 0 Å². The second-order valence-electron chi connectivity index (χ2n) is 15.7. The van der Waals surface area contributed by atoms with Crippen LogP contribution in [0.15, 0.2) is 135 Å². The third-order valence-electron chi connectivity index (χ3n) is 11.7. The van der Waals surface area contributed by atoms with Crippen LogP contribution in [-0.2, 0) is 42.7 Å². The number of hydrogen-bond acceptors (Lipinski definition) is 10. The van der Waals surface area contributed by atoms with Crippen LogP contribution in [0, 0.1) is 0 Å². The Morgan fingerprint density at radius 3 is 1.16 bits per heavy atom. The van der Waals surface area contributed by atoms with Crippen molar-refractivity contribution < 1.29 is 47.2 Å². The fraction of sp³-hybridized carbons (Fsp3) is 0.333. The Labute approximate surface area is 379 Å². The molecule has 2 saturated carbocycles. The van der Waals surface area contributed by atoms with Gasteiger partial charge in [0.2, 0.25) is 0 Å². The first-order valence-corrected chi connectivity index (χ1v) is 21.1. The van der Waals surface area contributed by atoms with E-state index in [2.05, 4.69) is 79.8 Å². The van der Waals surface area contributed by atoms with Crippen molar-refractivity contribution in [3.63, 3.8) is 0 Å². The zero-order valence-electron chi connectivity index (χ0n) is 35.2. The zero-order chi connectivity index (χ0) is 41.5. The molecule has 0 unspecified atom stereocenters. The molecule has 2 aliphatic carbocycles. The molecule has 0 amide bonds. The normalized spacial score (nSPS) is 18.0. The predicted molar refractivity (Wildman–Crippen MR) is 235 cm³/mol. The Morgan fingerprint density at radius 2 is 0.841 bits per heavy atom. The second kappa shape index (κ2) is 25.6. The number of aromatic nitrogens is 4. The number of benzene rings is 4. The third kappa shape index (κ3) is 14.3. The molecule has 2 aliphatic rings. The molecule has 0 spiro atoms. The van der Waals surface area contributed by atoms with E-state index in [0.29, 0.717) is 37.3 Å². The molecule has 0 aliphatic heterocycles. The van der Waals surface area contributed by atoms with E-state index < -0.39 is 11.9 Å². The number of aromatic carboxylic acids is 2. The van der Waals surface area contributed by atoms with Gasteiger partial charge in [0.05, 0.1) is 24.6 Å².